The summed E-state index contributed by atoms with van der Waals surface area (Å²) in [5.74, 6) is -0.495. The van der Waals surface area contributed by atoms with Gasteiger partial charge in [-0.05, 0) is 74.2 Å². The summed E-state index contributed by atoms with van der Waals surface area (Å²) in [7, 11) is 0. The molecule has 1 aliphatic heterocycles. The van der Waals surface area contributed by atoms with Crippen LogP contribution < -0.4 is 10.9 Å². The Hall–Kier alpha value is -3.49. The SMILES string of the molecule is Cc1cccc(-n2c(=O)ccc3c(Nc4ccc(F)c(C)c4)c(C(=O)N4CCC[C@H]4CO)sc32)c1. The smallest absolute Gasteiger partial charge is 0.266 e. The Morgan fingerprint density at radius 1 is 1.17 bits per heavy atom. The first-order valence-corrected chi connectivity index (χ1v) is 12.4. The van der Waals surface area contributed by atoms with Crippen LogP contribution in [0.25, 0.3) is 15.9 Å². The second kappa shape index (κ2) is 9.28. The molecule has 1 aliphatic rings. The number of carbonyl (C=O) groups excluding carboxylic acids is 1. The average molecular weight is 492 g/mol. The molecule has 6 nitrogen and oxygen atoms in total. The number of aryl methyl sites for hydroxylation is 2. The van der Waals surface area contributed by atoms with Gasteiger partial charge < -0.3 is 15.3 Å². The first-order valence-electron chi connectivity index (χ1n) is 11.6. The largest absolute Gasteiger partial charge is 0.394 e. The van der Waals surface area contributed by atoms with E-state index in [0.717, 1.165) is 29.5 Å². The van der Waals surface area contributed by atoms with Gasteiger partial charge in [0.15, 0.2) is 0 Å². The minimum absolute atomic E-state index is 0.0927. The normalized spacial score (nSPS) is 15.7. The molecule has 2 N–H and O–H groups in total. The topological polar surface area (TPSA) is 74.6 Å². The second-order valence-corrected chi connectivity index (χ2v) is 9.94. The van der Waals surface area contributed by atoms with Gasteiger partial charge in [0.25, 0.3) is 11.5 Å². The molecule has 1 atom stereocenters. The summed E-state index contributed by atoms with van der Waals surface area (Å²) in [5, 5.41) is 13.9. The van der Waals surface area contributed by atoms with Crippen LogP contribution in [0.1, 0.15) is 33.6 Å². The number of nitrogens with one attached hydrogen (secondary N) is 1. The van der Waals surface area contributed by atoms with E-state index in [9.17, 15) is 19.1 Å². The fraction of sp³-hybridized carbons (Fsp3) is 0.259. The molecule has 0 unspecified atom stereocenters. The van der Waals surface area contributed by atoms with Gasteiger partial charge in [0.05, 0.1) is 24.0 Å². The van der Waals surface area contributed by atoms with E-state index in [0.29, 0.717) is 33.2 Å². The fourth-order valence-electron chi connectivity index (χ4n) is 4.66. The Morgan fingerprint density at radius 3 is 2.74 bits per heavy atom. The Morgan fingerprint density at radius 2 is 2.00 bits per heavy atom. The summed E-state index contributed by atoms with van der Waals surface area (Å²) in [6.45, 7) is 4.12. The molecule has 2 aromatic carbocycles. The fourth-order valence-corrected chi connectivity index (χ4v) is 5.89. The van der Waals surface area contributed by atoms with Crippen molar-refractivity contribution in [3.05, 3.63) is 86.8 Å². The van der Waals surface area contributed by atoms with E-state index in [1.165, 1.54) is 23.5 Å². The highest BCUT2D eigenvalue weighted by Crippen LogP contribution is 2.39. The number of hydrogen-bond acceptors (Lipinski definition) is 5. The van der Waals surface area contributed by atoms with Crippen molar-refractivity contribution >= 4 is 38.8 Å². The van der Waals surface area contributed by atoms with Crippen LogP contribution in [0.5, 0.6) is 0 Å². The number of carbonyl (C=O) groups is 1. The number of rotatable bonds is 5. The maximum atomic E-state index is 13.9. The highest BCUT2D eigenvalue weighted by atomic mass is 32.1. The van der Waals surface area contributed by atoms with Crippen molar-refractivity contribution in [2.75, 3.05) is 18.5 Å². The van der Waals surface area contributed by atoms with Crippen molar-refractivity contribution in [2.45, 2.75) is 32.7 Å². The predicted octanol–water partition coefficient (Wildman–Crippen LogP) is 5.15. The van der Waals surface area contributed by atoms with Crippen LogP contribution in [0, 0.1) is 19.7 Å². The van der Waals surface area contributed by atoms with Crippen LogP contribution in [0.15, 0.2) is 59.4 Å². The highest BCUT2D eigenvalue weighted by molar-refractivity contribution is 7.21. The molecule has 3 heterocycles. The number of pyridine rings is 1. The number of aliphatic hydroxyl groups is 1. The lowest BCUT2D eigenvalue weighted by Gasteiger charge is -2.23. The zero-order valence-electron chi connectivity index (χ0n) is 19.5. The van der Waals surface area contributed by atoms with E-state index in [2.05, 4.69) is 5.32 Å². The van der Waals surface area contributed by atoms with Gasteiger partial charge in [0.2, 0.25) is 0 Å². The lowest BCUT2D eigenvalue weighted by molar-refractivity contribution is 0.0683. The maximum absolute atomic E-state index is 13.9. The minimum atomic E-state index is -0.307. The lowest BCUT2D eigenvalue weighted by Crippen LogP contribution is -2.37. The van der Waals surface area contributed by atoms with Crippen LogP contribution in [0.2, 0.25) is 0 Å². The number of halogens is 1. The minimum Gasteiger partial charge on any atom is -0.394 e. The summed E-state index contributed by atoms with van der Waals surface area (Å²) >= 11 is 1.25. The molecular formula is C27H26FN3O3S. The first-order chi connectivity index (χ1) is 16.9. The molecule has 1 fully saturated rings. The van der Waals surface area contributed by atoms with Gasteiger partial charge in [-0.25, -0.2) is 4.39 Å². The quantitative estimate of drug-likeness (QED) is 0.405. The van der Waals surface area contributed by atoms with Gasteiger partial charge in [0, 0.05) is 23.7 Å². The van der Waals surface area contributed by atoms with Crippen molar-refractivity contribution in [1.29, 1.82) is 0 Å². The number of nitrogens with zero attached hydrogens (tertiary/aromatic N) is 2. The molecule has 8 heteroatoms. The molecular weight excluding hydrogens is 465 g/mol. The van der Waals surface area contributed by atoms with Crippen molar-refractivity contribution in [3.63, 3.8) is 0 Å². The van der Waals surface area contributed by atoms with E-state index in [1.54, 1.807) is 34.6 Å². The molecule has 0 saturated carbocycles. The monoisotopic (exact) mass is 491 g/mol. The van der Waals surface area contributed by atoms with E-state index >= 15 is 0 Å². The number of hydrogen-bond donors (Lipinski definition) is 2. The third kappa shape index (κ3) is 4.24. The van der Waals surface area contributed by atoms with Crippen molar-refractivity contribution in [2.24, 2.45) is 0 Å². The first kappa shape index (κ1) is 23.3. The molecule has 2 aromatic heterocycles. The summed E-state index contributed by atoms with van der Waals surface area (Å²) in [5.41, 5.74) is 3.25. The van der Waals surface area contributed by atoms with Crippen molar-refractivity contribution in [1.82, 2.24) is 9.47 Å². The molecule has 0 spiro atoms. The molecule has 4 aromatic rings. The Labute approximate surface area is 206 Å². The number of aliphatic hydroxyl groups excluding tert-OH is 1. The van der Waals surface area contributed by atoms with Crippen LogP contribution >= 0.6 is 11.3 Å². The summed E-state index contributed by atoms with van der Waals surface area (Å²) in [4.78, 5) is 29.6. The van der Waals surface area contributed by atoms with Crippen LogP contribution in [0.4, 0.5) is 15.8 Å². The molecule has 180 valence electrons. The standard InChI is InChI=1S/C27H26FN3O3S/c1-16-5-3-6-19(13-16)31-23(33)11-9-21-24(29-18-8-10-22(28)17(2)14-18)25(35-27(21)31)26(34)30-12-4-7-20(30)15-32/h3,5-6,8-11,13-14,20,29,32H,4,7,12,15H2,1-2H3/t20-/m0/s1. The van der Waals surface area contributed by atoms with Gasteiger partial charge in [-0.3, -0.25) is 14.2 Å². The molecule has 1 saturated heterocycles. The number of benzene rings is 2. The van der Waals surface area contributed by atoms with Gasteiger partial charge in [-0.2, -0.15) is 0 Å². The summed E-state index contributed by atoms with van der Waals surface area (Å²) in [6.07, 6.45) is 1.58. The summed E-state index contributed by atoms with van der Waals surface area (Å²) < 4.78 is 15.5. The van der Waals surface area contributed by atoms with Crippen molar-refractivity contribution < 1.29 is 14.3 Å². The molecule has 0 bridgehead atoms. The summed E-state index contributed by atoms with van der Waals surface area (Å²) in [6, 6.07) is 15.4. The highest BCUT2D eigenvalue weighted by Gasteiger charge is 2.32. The van der Waals surface area contributed by atoms with E-state index in [1.807, 2.05) is 31.2 Å². The number of fused-ring (bicyclic) bond motifs is 1. The van der Waals surface area contributed by atoms with Crippen molar-refractivity contribution in [3.8, 4) is 5.69 Å². The Bertz CT molecular complexity index is 1490. The van der Waals surface area contributed by atoms with Gasteiger partial charge in [-0.1, -0.05) is 12.1 Å². The van der Waals surface area contributed by atoms with Crippen LogP contribution in [0.3, 0.4) is 0 Å². The maximum Gasteiger partial charge on any atom is 0.266 e. The number of anilines is 2. The zero-order valence-corrected chi connectivity index (χ0v) is 20.4. The number of thiophene rings is 1. The third-order valence-corrected chi connectivity index (χ3v) is 7.65. The predicted molar refractivity (Wildman–Crippen MR) is 138 cm³/mol. The third-order valence-electron chi connectivity index (χ3n) is 6.47. The number of likely N-dealkylation sites (tertiary alicyclic amines) is 1. The molecule has 5 rings (SSSR count). The molecule has 1 amide bonds. The average Bonchev–Trinajstić information content (AvgIpc) is 3.46. The number of amides is 1. The van der Waals surface area contributed by atoms with Gasteiger partial charge >= 0.3 is 0 Å². The van der Waals surface area contributed by atoms with Gasteiger partial charge in [0.1, 0.15) is 15.5 Å². The second-order valence-electron chi connectivity index (χ2n) is 8.94. The van der Waals surface area contributed by atoms with E-state index < -0.39 is 0 Å². The Balaban J connectivity index is 1.72. The zero-order chi connectivity index (χ0) is 24.7. The lowest BCUT2D eigenvalue weighted by atomic mass is 10.1. The van der Waals surface area contributed by atoms with E-state index in [-0.39, 0.29) is 29.9 Å². The van der Waals surface area contributed by atoms with E-state index in [4.69, 9.17) is 0 Å². The molecule has 0 radical (unpaired) electrons. The van der Waals surface area contributed by atoms with Gasteiger partial charge in [-0.15, -0.1) is 11.3 Å². The molecule has 35 heavy (non-hydrogen) atoms. The molecule has 0 aliphatic carbocycles. The Kier molecular flexibility index (Phi) is 6.17. The van der Waals surface area contributed by atoms with Crippen LogP contribution in [-0.2, 0) is 0 Å². The number of aromatic nitrogens is 1. The van der Waals surface area contributed by atoms with Crippen LogP contribution in [-0.4, -0.2) is 39.7 Å².